The summed E-state index contributed by atoms with van der Waals surface area (Å²) in [5, 5.41) is 26.6. The molecule has 2 N–H and O–H groups in total. The van der Waals surface area contributed by atoms with Gasteiger partial charge in [-0.2, -0.15) is 0 Å². The van der Waals surface area contributed by atoms with Gasteiger partial charge >= 0.3 is 302 Å². The number of aryl methyl sites for hydroxylation is 3. The van der Waals surface area contributed by atoms with Crippen LogP contribution < -0.4 is 25.7 Å². The van der Waals surface area contributed by atoms with E-state index < -0.39 is 6.83 Å². The maximum atomic E-state index is 11.2. The Kier molecular flexibility index (Phi) is 9.25. The second-order valence-corrected chi connectivity index (χ2v) is 17.8. The van der Waals surface area contributed by atoms with Crippen LogP contribution in [0.2, 0.25) is 0 Å². The Morgan fingerprint density at radius 1 is 0.392 bits per heavy atom. The molecule has 0 amide bonds. The van der Waals surface area contributed by atoms with Gasteiger partial charge in [0.15, 0.2) is 0 Å². The van der Waals surface area contributed by atoms with E-state index in [1.165, 1.54) is 0 Å². The van der Waals surface area contributed by atoms with Gasteiger partial charge in [0.1, 0.15) is 0 Å². The summed E-state index contributed by atoms with van der Waals surface area (Å²) in [6.45, 7) is 2.07. The molecule has 0 bridgehead atoms. The minimum atomic E-state index is -4.13. The number of benzene rings is 7. The third-order valence-electron chi connectivity index (χ3n) is 9.89. The average molecular weight is 687 g/mol. The quantitative estimate of drug-likeness (QED) is 0.141. The third kappa shape index (κ3) is 6.09. The van der Waals surface area contributed by atoms with E-state index in [0.29, 0.717) is 12.8 Å². The van der Waals surface area contributed by atoms with E-state index in [0.717, 1.165) is 65.9 Å². The van der Waals surface area contributed by atoms with Gasteiger partial charge in [-0.15, -0.1) is 0 Å². The molecule has 0 saturated carbocycles. The molecule has 0 spiro atoms. The molecule has 4 heteroatoms. The number of phenolic OH excluding ortho intramolecular Hbond substituents is 2. The van der Waals surface area contributed by atoms with Gasteiger partial charge in [-0.3, -0.25) is 0 Å². The second-order valence-electron chi connectivity index (χ2n) is 13.5. The fraction of sp³-hybridized carbons (Fsp3) is 0.106. The van der Waals surface area contributed by atoms with Crippen molar-refractivity contribution in [1.29, 1.82) is 0 Å². The van der Waals surface area contributed by atoms with Crippen molar-refractivity contribution in [2.75, 3.05) is 0 Å². The van der Waals surface area contributed by atoms with E-state index >= 15 is 0 Å². The van der Waals surface area contributed by atoms with Crippen LogP contribution >= 0.6 is 6.83 Å². The molecule has 0 radical (unpaired) electrons. The average Bonchev–Trinajstić information content (AvgIpc) is 3.16. The molecular weight excluding hydrogens is 643 g/mol. The zero-order valence-corrected chi connectivity index (χ0v) is 30.2. The molecule has 0 atom stereocenters. The summed E-state index contributed by atoms with van der Waals surface area (Å²) in [5.41, 5.74) is 6.81. The summed E-state index contributed by atoms with van der Waals surface area (Å²) in [6, 6.07) is 58.5. The van der Waals surface area contributed by atoms with Gasteiger partial charge in [0.25, 0.3) is 0 Å². The van der Waals surface area contributed by atoms with Crippen LogP contribution in [0.4, 0.5) is 0 Å². The SMILES string of the molecule is Cc1ccc(O)c(Cc2cc(C)cc(Cc3cc(C)ccc3O)c2OP(c2ccccc2)(c2ccccc2)(c2ccccc2)c2ccccc2)c1. The van der Waals surface area contributed by atoms with Crippen LogP contribution in [0.25, 0.3) is 0 Å². The van der Waals surface area contributed by atoms with Crippen LogP contribution in [0.3, 0.4) is 0 Å². The fourth-order valence-electron chi connectivity index (χ4n) is 7.57. The van der Waals surface area contributed by atoms with E-state index in [2.05, 4.69) is 153 Å². The molecule has 7 aromatic carbocycles. The van der Waals surface area contributed by atoms with Gasteiger partial charge in [-0.25, -0.2) is 0 Å². The first-order valence-corrected chi connectivity index (χ1v) is 19.6. The summed E-state index contributed by atoms with van der Waals surface area (Å²) in [7, 11) is 0. The van der Waals surface area contributed by atoms with Crippen molar-refractivity contribution in [1.82, 2.24) is 0 Å². The van der Waals surface area contributed by atoms with Crippen LogP contribution in [0.5, 0.6) is 17.2 Å². The molecule has 0 saturated heterocycles. The molecule has 7 aromatic rings. The topological polar surface area (TPSA) is 49.7 Å². The Bertz CT molecular complexity index is 2040. The molecule has 0 aromatic heterocycles. The molecule has 0 heterocycles. The van der Waals surface area contributed by atoms with Gasteiger partial charge in [0.2, 0.25) is 0 Å². The van der Waals surface area contributed by atoms with Crippen molar-refractivity contribution in [3.63, 3.8) is 0 Å². The molecule has 0 aliphatic carbocycles. The monoisotopic (exact) mass is 686 g/mol. The van der Waals surface area contributed by atoms with Crippen molar-refractivity contribution < 1.29 is 14.7 Å². The predicted molar refractivity (Wildman–Crippen MR) is 214 cm³/mol. The van der Waals surface area contributed by atoms with Gasteiger partial charge in [-0.1, -0.05) is 0 Å². The van der Waals surface area contributed by atoms with Crippen molar-refractivity contribution in [3.8, 4) is 17.2 Å². The first-order chi connectivity index (χ1) is 24.8. The fourth-order valence-corrected chi connectivity index (χ4v) is 13.3. The van der Waals surface area contributed by atoms with Crippen molar-refractivity contribution in [2.45, 2.75) is 33.6 Å². The van der Waals surface area contributed by atoms with E-state index in [4.69, 9.17) is 4.52 Å². The number of hydrogen-bond acceptors (Lipinski definition) is 3. The molecule has 3 nitrogen and oxygen atoms in total. The normalized spacial score (nSPS) is 12.2. The number of phenols is 2. The maximum absolute atomic E-state index is 11.2. The Balaban J connectivity index is 1.64. The molecule has 0 aliphatic rings. The van der Waals surface area contributed by atoms with E-state index in [1.54, 1.807) is 12.1 Å². The summed E-state index contributed by atoms with van der Waals surface area (Å²) in [5.74, 6) is 1.25. The van der Waals surface area contributed by atoms with E-state index in [-0.39, 0.29) is 11.5 Å². The first kappa shape index (κ1) is 33.8. The van der Waals surface area contributed by atoms with Gasteiger partial charge in [0, 0.05) is 0 Å². The van der Waals surface area contributed by atoms with Crippen LogP contribution in [-0.4, -0.2) is 10.2 Å². The Morgan fingerprint density at radius 3 is 1.04 bits per heavy atom. The molecule has 0 aliphatic heterocycles. The molecule has 254 valence electrons. The standard InChI is InChI=1S/C47H43O3P/c1-34-24-26-45(48)37(28-34)32-39-30-36(3)31-40(33-38-29-35(2)25-27-46(38)49)47(39)50-51(41-16-8-4-9-17-41,42-18-10-5-11-19-42,43-20-12-6-13-21-43)44-22-14-7-15-23-44/h4-31,48-49H,32-33H2,1-3H3. The summed E-state index contributed by atoms with van der Waals surface area (Å²) < 4.78 is 8.30. The zero-order chi connectivity index (χ0) is 35.5. The number of aromatic hydroxyl groups is 2. The molecule has 7 rings (SSSR count). The summed E-state index contributed by atoms with van der Waals surface area (Å²) in [4.78, 5) is 0. The Hall–Kier alpha value is -5.63. The first-order valence-electron chi connectivity index (χ1n) is 17.4. The van der Waals surface area contributed by atoms with Crippen LogP contribution in [0, 0.1) is 20.8 Å². The molecule has 0 fully saturated rings. The van der Waals surface area contributed by atoms with Crippen LogP contribution in [-0.2, 0) is 12.8 Å². The van der Waals surface area contributed by atoms with Crippen molar-refractivity contribution in [3.05, 3.63) is 209 Å². The van der Waals surface area contributed by atoms with E-state index in [9.17, 15) is 10.2 Å². The Morgan fingerprint density at radius 2 is 0.706 bits per heavy atom. The zero-order valence-electron chi connectivity index (χ0n) is 29.3. The molecular formula is C47H43O3P. The van der Waals surface area contributed by atoms with Gasteiger partial charge < -0.3 is 0 Å². The second kappa shape index (κ2) is 13.9. The third-order valence-corrected chi connectivity index (χ3v) is 15.6. The minimum absolute atomic E-state index is 0.251. The van der Waals surface area contributed by atoms with Crippen LogP contribution in [0.15, 0.2) is 170 Å². The Labute approximate surface area is 301 Å². The van der Waals surface area contributed by atoms with E-state index in [1.807, 2.05) is 26.0 Å². The van der Waals surface area contributed by atoms with Crippen molar-refractivity contribution >= 4 is 28.0 Å². The summed E-state index contributed by atoms with van der Waals surface area (Å²) in [6.07, 6.45) is 0.911. The van der Waals surface area contributed by atoms with Gasteiger partial charge in [0.05, 0.1) is 0 Å². The molecule has 51 heavy (non-hydrogen) atoms. The van der Waals surface area contributed by atoms with Crippen molar-refractivity contribution in [2.24, 2.45) is 0 Å². The summed E-state index contributed by atoms with van der Waals surface area (Å²) >= 11 is 0. The predicted octanol–water partition coefficient (Wildman–Crippen LogP) is 9.35. The van der Waals surface area contributed by atoms with Crippen LogP contribution in [0.1, 0.15) is 38.9 Å². The number of rotatable bonds is 10. The molecule has 0 unspecified atom stereocenters. The van der Waals surface area contributed by atoms with Gasteiger partial charge in [-0.05, 0) is 0 Å². The number of hydrogen-bond donors (Lipinski definition) is 2.